The molecule has 0 saturated carbocycles. The smallest absolute Gasteiger partial charge is 0.132 e. The van der Waals surface area contributed by atoms with Gasteiger partial charge in [-0.3, -0.25) is 0 Å². The SMILES string of the molecule is CCc1ccccc1CNCCc1cc(Cc2ccccc2)cnc1Cl. The highest BCUT2D eigenvalue weighted by atomic mass is 35.5. The van der Waals surface area contributed by atoms with Crippen molar-refractivity contribution in [1.29, 1.82) is 0 Å². The van der Waals surface area contributed by atoms with E-state index in [1.165, 1.54) is 22.3 Å². The number of hydrogen-bond donors (Lipinski definition) is 1. The first-order valence-electron chi connectivity index (χ1n) is 9.21. The van der Waals surface area contributed by atoms with Gasteiger partial charge in [-0.1, -0.05) is 79.2 Å². The lowest BCUT2D eigenvalue weighted by molar-refractivity contribution is 0.681. The molecule has 1 heterocycles. The maximum atomic E-state index is 6.30. The van der Waals surface area contributed by atoms with E-state index in [4.69, 9.17) is 11.6 Å². The van der Waals surface area contributed by atoms with Gasteiger partial charge in [0, 0.05) is 12.7 Å². The van der Waals surface area contributed by atoms with Crippen molar-refractivity contribution in [2.75, 3.05) is 6.54 Å². The number of hydrogen-bond acceptors (Lipinski definition) is 2. The Labute approximate surface area is 161 Å². The van der Waals surface area contributed by atoms with Crippen LogP contribution in [0.5, 0.6) is 0 Å². The molecule has 0 saturated heterocycles. The molecule has 0 fully saturated rings. The molecule has 0 radical (unpaired) electrons. The molecule has 0 atom stereocenters. The summed E-state index contributed by atoms with van der Waals surface area (Å²) in [6, 6.07) is 21.2. The van der Waals surface area contributed by atoms with Crippen LogP contribution in [-0.4, -0.2) is 11.5 Å². The Bertz CT molecular complexity index is 831. The zero-order valence-electron chi connectivity index (χ0n) is 15.2. The van der Waals surface area contributed by atoms with Crippen molar-refractivity contribution in [2.45, 2.75) is 32.7 Å². The second-order valence-electron chi connectivity index (χ2n) is 6.50. The summed E-state index contributed by atoms with van der Waals surface area (Å²) < 4.78 is 0. The average molecular weight is 365 g/mol. The quantitative estimate of drug-likeness (QED) is 0.438. The van der Waals surface area contributed by atoms with E-state index in [1.807, 2.05) is 12.3 Å². The molecule has 3 rings (SSSR count). The predicted octanol–water partition coefficient (Wildman–Crippen LogP) is 5.22. The van der Waals surface area contributed by atoms with Gasteiger partial charge < -0.3 is 5.32 Å². The Kier molecular flexibility index (Phi) is 6.82. The van der Waals surface area contributed by atoms with Gasteiger partial charge in [0.1, 0.15) is 5.15 Å². The number of nitrogens with one attached hydrogen (secondary N) is 1. The summed E-state index contributed by atoms with van der Waals surface area (Å²) in [5.74, 6) is 0. The van der Waals surface area contributed by atoms with Crippen LogP contribution in [0.4, 0.5) is 0 Å². The van der Waals surface area contributed by atoms with Gasteiger partial charge in [0.15, 0.2) is 0 Å². The Morgan fingerprint density at radius 3 is 2.38 bits per heavy atom. The molecule has 2 aromatic carbocycles. The third-order valence-corrected chi connectivity index (χ3v) is 4.95. The van der Waals surface area contributed by atoms with Gasteiger partial charge in [0.05, 0.1) is 0 Å². The molecule has 0 aliphatic carbocycles. The first kappa shape index (κ1) is 18.6. The van der Waals surface area contributed by atoms with Crippen LogP contribution in [0.1, 0.15) is 34.7 Å². The Morgan fingerprint density at radius 2 is 1.62 bits per heavy atom. The van der Waals surface area contributed by atoms with Crippen LogP contribution in [-0.2, 0) is 25.8 Å². The number of aromatic nitrogens is 1. The normalized spacial score (nSPS) is 10.8. The third-order valence-electron chi connectivity index (χ3n) is 4.61. The summed E-state index contributed by atoms with van der Waals surface area (Å²) in [5, 5.41) is 4.14. The van der Waals surface area contributed by atoms with Crippen LogP contribution in [0.3, 0.4) is 0 Å². The van der Waals surface area contributed by atoms with Gasteiger partial charge in [-0.05, 0) is 53.6 Å². The predicted molar refractivity (Wildman–Crippen MR) is 110 cm³/mol. The van der Waals surface area contributed by atoms with Crippen molar-refractivity contribution in [1.82, 2.24) is 10.3 Å². The van der Waals surface area contributed by atoms with E-state index in [1.54, 1.807) is 0 Å². The largest absolute Gasteiger partial charge is 0.312 e. The monoisotopic (exact) mass is 364 g/mol. The first-order chi connectivity index (χ1) is 12.8. The molecule has 0 unspecified atom stereocenters. The second-order valence-corrected chi connectivity index (χ2v) is 6.86. The summed E-state index contributed by atoms with van der Waals surface area (Å²) in [5.41, 5.74) is 6.38. The van der Waals surface area contributed by atoms with E-state index in [9.17, 15) is 0 Å². The summed E-state index contributed by atoms with van der Waals surface area (Å²) >= 11 is 6.30. The fourth-order valence-electron chi connectivity index (χ4n) is 3.17. The van der Waals surface area contributed by atoms with Crippen LogP contribution in [0, 0.1) is 0 Å². The molecule has 0 amide bonds. The number of nitrogens with zero attached hydrogens (tertiary/aromatic N) is 1. The van der Waals surface area contributed by atoms with Crippen molar-refractivity contribution in [3.8, 4) is 0 Å². The van der Waals surface area contributed by atoms with Crippen molar-refractivity contribution in [2.24, 2.45) is 0 Å². The molecular weight excluding hydrogens is 340 g/mol. The topological polar surface area (TPSA) is 24.9 Å². The number of benzene rings is 2. The lowest BCUT2D eigenvalue weighted by Crippen LogP contribution is -2.18. The summed E-state index contributed by atoms with van der Waals surface area (Å²) in [4.78, 5) is 4.38. The highest BCUT2D eigenvalue weighted by Gasteiger charge is 2.05. The van der Waals surface area contributed by atoms with Gasteiger partial charge in [0.2, 0.25) is 0 Å². The molecule has 0 aliphatic rings. The summed E-state index contributed by atoms with van der Waals surface area (Å²) in [6.45, 7) is 3.97. The fraction of sp³-hybridized carbons (Fsp3) is 0.261. The number of rotatable bonds is 8. The number of pyridine rings is 1. The molecule has 0 spiro atoms. The molecule has 1 N–H and O–H groups in total. The van der Waals surface area contributed by atoms with E-state index >= 15 is 0 Å². The minimum atomic E-state index is 0.609. The zero-order valence-corrected chi connectivity index (χ0v) is 16.0. The minimum Gasteiger partial charge on any atom is -0.312 e. The van der Waals surface area contributed by atoms with Crippen molar-refractivity contribution in [3.05, 3.63) is 99.8 Å². The molecule has 2 nitrogen and oxygen atoms in total. The molecule has 3 heteroatoms. The maximum Gasteiger partial charge on any atom is 0.132 e. The van der Waals surface area contributed by atoms with Crippen molar-refractivity contribution < 1.29 is 0 Å². The van der Waals surface area contributed by atoms with Crippen LogP contribution in [0.25, 0.3) is 0 Å². The number of aryl methyl sites for hydroxylation is 1. The van der Waals surface area contributed by atoms with Crippen molar-refractivity contribution in [3.63, 3.8) is 0 Å². The Balaban J connectivity index is 1.56. The third kappa shape index (κ3) is 5.17. The van der Waals surface area contributed by atoms with E-state index in [-0.39, 0.29) is 0 Å². The van der Waals surface area contributed by atoms with Crippen molar-refractivity contribution >= 4 is 11.6 Å². The fourth-order valence-corrected chi connectivity index (χ4v) is 3.37. The molecule has 26 heavy (non-hydrogen) atoms. The molecule has 0 aliphatic heterocycles. The van der Waals surface area contributed by atoms with Crippen LogP contribution in [0.15, 0.2) is 66.9 Å². The minimum absolute atomic E-state index is 0.609. The van der Waals surface area contributed by atoms with Gasteiger partial charge in [-0.25, -0.2) is 4.98 Å². The highest BCUT2D eigenvalue weighted by molar-refractivity contribution is 6.30. The maximum absolute atomic E-state index is 6.30. The lowest BCUT2D eigenvalue weighted by atomic mass is 10.0. The van der Waals surface area contributed by atoms with Gasteiger partial charge in [-0.2, -0.15) is 0 Å². The molecule has 1 aromatic heterocycles. The van der Waals surface area contributed by atoms with Crippen LogP contribution < -0.4 is 5.32 Å². The van der Waals surface area contributed by atoms with Crippen LogP contribution in [0.2, 0.25) is 5.15 Å². The number of halogens is 1. The van der Waals surface area contributed by atoms with Gasteiger partial charge in [-0.15, -0.1) is 0 Å². The van der Waals surface area contributed by atoms with E-state index in [2.05, 4.69) is 71.8 Å². The molecular formula is C23H25ClN2. The standard InChI is InChI=1S/C23H25ClN2/c1-2-20-10-6-7-11-22(20)17-25-13-12-21-15-19(16-26-23(21)24)14-18-8-4-3-5-9-18/h3-11,15-16,25H,2,12-14,17H2,1H3. The Morgan fingerprint density at radius 1 is 0.885 bits per heavy atom. The van der Waals surface area contributed by atoms with E-state index in [0.29, 0.717) is 5.15 Å². The average Bonchev–Trinajstić information content (AvgIpc) is 2.68. The Hall–Kier alpha value is -2.16. The second kappa shape index (κ2) is 9.51. The van der Waals surface area contributed by atoms with E-state index < -0.39 is 0 Å². The van der Waals surface area contributed by atoms with Gasteiger partial charge in [0.25, 0.3) is 0 Å². The first-order valence-corrected chi connectivity index (χ1v) is 9.58. The molecule has 134 valence electrons. The molecule has 0 bridgehead atoms. The zero-order chi connectivity index (χ0) is 18.2. The molecule has 3 aromatic rings. The summed E-state index contributed by atoms with van der Waals surface area (Å²) in [6.07, 6.45) is 4.71. The van der Waals surface area contributed by atoms with Gasteiger partial charge >= 0.3 is 0 Å². The van der Waals surface area contributed by atoms with Crippen LogP contribution >= 0.6 is 11.6 Å². The highest BCUT2D eigenvalue weighted by Crippen LogP contribution is 2.17. The summed E-state index contributed by atoms with van der Waals surface area (Å²) in [7, 11) is 0. The lowest BCUT2D eigenvalue weighted by Gasteiger charge is -2.10. The van der Waals surface area contributed by atoms with E-state index in [0.717, 1.165) is 37.9 Å².